The number of morpholine rings is 1. The van der Waals surface area contributed by atoms with Crippen LogP contribution in [0.5, 0.6) is 5.75 Å². The zero-order chi connectivity index (χ0) is 15.0. The van der Waals surface area contributed by atoms with Crippen LogP contribution in [0, 0.1) is 0 Å². The van der Waals surface area contributed by atoms with Crippen LogP contribution in [0.4, 0.5) is 0 Å². The zero-order valence-electron chi connectivity index (χ0n) is 13.6. The highest BCUT2D eigenvalue weighted by molar-refractivity contribution is 5.85. The lowest BCUT2D eigenvalue weighted by Crippen LogP contribution is -2.55. The van der Waals surface area contributed by atoms with E-state index in [1.165, 1.54) is 16.3 Å². The number of hydrogen-bond donors (Lipinski definition) is 1. The van der Waals surface area contributed by atoms with Gasteiger partial charge in [0.05, 0.1) is 19.8 Å². The molecule has 1 saturated heterocycles. The first-order valence-electron chi connectivity index (χ1n) is 7.45. The molecule has 0 aliphatic carbocycles. The Kier molecular flexibility index (Phi) is 5.00. The lowest BCUT2D eigenvalue weighted by Gasteiger charge is -2.41. The lowest BCUT2D eigenvalue weighted by molar-refractivity contribution is -0.0495. The monoisotopic (exact) mass is 321 g/mol. The summed E-state index contributed by atoms with van der Waals surface area (Å²) in [6.07, 6.45) is 0.101. The fourth-order valence-corrected chi connectivity index (χ4v) is 3.11. The zero-order valence-corrected chi connectivity index (χ0v) is 14.4. The topological polar surface area (TPSA) is 30.5 Å². The molecule has 1 heterocycles. The van der Waals surface area contributed by atoms with Crippen molar-refractivity contribution < 1.29 is 9.47 Å². The molecule has 0 saturated carbocycles. The highest BCUT2D eigenvalue weighted by Crippen LogP contribution is 2.31. The van der Waals surface area contributed by atoms with Gasteiger partial charge in [0.1, 0.15) is 5.75 Å². The third-order valence-electron chi connectivity index (χ3n) is 4.10. The second-order valence-electron chi connectivity index (χ2n) is 6.52. The van der Waals surface area contributed by atoms with Crippen molar-refractivity contribution in [2.24, 2.45) is 0 Å². The van der Waals surface area contributed by atoms with E-state index in [1.807, 2.05) is 6.07 Å². The molecule has 0 amide bonds. The summed E-state index contributed by atoms with van der Waals surface area (Å²) in [4.78, 5) is 0. The van der Waals surface area contributed by atoms with Gasteiger partial charge in [-0.15, -0.1) is 12.4 Å². The van der Waals surface area contributed by atoms with Crippen LogP contribution < -0.4 is 10.1 Å². The molecule has 2 aromatic rings. The Balaban J connectivity index is 0.00000176. The fraction of sp³-hybridized carbons (Fsp3) is 0.444. The van der Waals surface area contributed by atoms with Crippen molar-refractivity contribution in [2.45, 2.75) is 38.5 Å². The largest absolute Gasteiger partial charge is 0.497 e. The Hall–Kier alpha value is -1.29. The first kappa shape index (κ1) is 17.1. The third kappa shape index (κ3) is 3.37. The van der Waals surface area contributed by atoms with Crippen LogP contribution in [-0.2, 0) is 4.74 Å². The van der Waals surface area contributed by atoms with E-state index in [0.29, 0.717) is 6.04 Å². The van der Waals surface area contributed by atoms with Gasteiger partial charge in [-0.1, -0.05) is 18.2 Å². The van der Waals surface area contributed by atoms with Crippen molar-refractivity contribution >= 4 is 23.2 Å². The molecule has 22 heavy (non-hydrogen) atoms. The summed E-state index contributed by atoms with van der Waals surface area (Å²) in [5, 5.41) is 6.03. The standard InChI is InChI=1S/C18H23NO2.ClH/c1-12-17(21-11-18(2,3)19-12)15-6-5-14-10-16(20-4)8-7-13(14)9-15;/h5-10,12,17,19H,11H2,1-4H3;1H. The number of benzene rings is 2. The summed E-state index contributed by atoms with van der Waals surface area (Å²) in [6, 6.07) is 13.0. The molecule has 1 fully saturated rings. The van der Waals surface area contributed by atoms with Crippen LogP contribution >= 0.6 is 12.4 Å². The predicted octanol–water partition coefficient (Wildman–Crippen LogP) is 4.10. The van der Waals surface area contributed by atoms with E-state index >= 15 is 0 Å². The van der Waals surface area contributed by atoms with Gasteiger partial charge in [-0.2, -0.15) is 0 Å². The Bertz CT molecular complexity index is 657. The van der Waals surface area contributed by atoms with Gasteiger partial charge in [0.25, 0.3) is 0 Å². The van der Waals surface area contributed by atoms with Gasteiger partial charge in [-0.3, -0.25) is 0 Å². The molecule has 120 valence electrons. The number of nitrogens with one attached hydrogen (secondary N) is 1. The molecular weight excluding hydrogens is 298 g/mol. The van der Waals surface area contributed by atoms with E-state index in [0.717, 1.165) is 12.4 Å². The normalized spacial score (nSPS) is 23.8. The van der Waals surface area contributed by atoms with Gasteiger partial charge in [0.15, 0.2) is 0 Å². The Morgan fingerprint density at radius 2 is 1.82 bits per heavy atom. The number of halogens is 1. The van der Waals surface area contributed by atoms with Crippen molar-refractivity contribution in [2.75, 3.05) is 13.7 Å². The van der Waals surface area contributed by atoms with Crippen LogP contribution in [0.1, 0.15) is 32.4 Å². The van der Waals surface area contributed by atoms with E-state index in [2.05, 4.69) is 56.4 Å². The molecule has 2 atom stereocenters. The smallest absolute Gasteiger partial charge is 0.119 e. The molecule has 3 nitrogen and oxygen atoms in total. The summed E-state index contributed by atoms with van der Waals surface area (Å²) in [7, 11) is 1.69. The van der Waals surface area contributed by atoms with E-state index in [-0.39, 0.29) is 24.0 Å². The summed E-state index contributed by atoms with van der Waals surface area (Å²) in [5.41, 5.74) is 1.27. The second-order valence-corrected chi connectivity index (χ2v) is 6.52. The highest BCUT2D eigenvalue weighted by Gasteiger charge is 2.33. The molecule has 2 aromatic carbocycles. The quantitative estimate of drug-likeness (QED) is 0.903. The number of ether oxygens (including phenoxy) is 2. The maximum absolute atomic E-state index is 6.10. The highest BCUT2D eigenvalue weighted by atomic mass is 35.5. The summed E-state index contributed by atoms with van der Waals surface area (Å²) >= 11 is 0. The number of hydrogen-bond acceptors (Lipinski definition) is 3. The summed E-state index contributed by atoms with van der Waals surface area (Å²) < 4.78 is 11.4. The number of fused-ring (bicyclic) bond motifs is 1. The molecule has 3 rings (SSSR count). The molecule has 2 unspecified atom stereocenters. The Morgan fingerprint density at radius 1 is 1.14 bits per heavy atom. The van der Waals surface area contributed by atoms with Crippen molar-refractivity contribution in [3.05, 3.63) is 42.0 Å². The van der Waals surface area contributed by atoms with Crippen LogP contribution in [-0.4, -0.2) is 25.3 Å². The van der Waals surface area contributed by atoms with E-state index in [1.54, 1.807) is 7.11 Å². The van der Waals surface area contributed by atoms with Crippen LogP contribution in [0.15, 0.2) is 36.4 Å². The summed E-state index contributed by atoms with van der Waals surface area (Å²) in [5.74, 6) is 0.890. The molecule has 0 bridgehead atoms. The first-order valence-corrected chi connectivity index (χ1v) is 7.45. The van der Waals surface area contributed by atoms with Gasteiger partial charge in [-0.05, 0) is 55.3 Å². The van der Waals surface area contributed by atoms with Gasteiger partial charge in [0, 0.05) is 11.6 Å². The van der Waals surface area contributed by atoms with Gasteiger partial charge < -0.3 is 14.8 Å². The van der Waals surface area contributed by atoms with E-state index in [9.17, 15) is 0 Å². The van der Waals surface area contributed by atoms with Crippen molar-refractivity contribution in [1.29, 1.82) is 0 Å². The molecular formula is C18H24ClNO2. The third-order valence-corrected chi connectivity index (χ3v) is 4.10. The molecule has 0 radical (unpaired) electrons. The minimum atomic E-state index is 0. The van der Waals surface area contributed by atoms with Crippen molar-refractivity contribution in [3.63, 3.8) is 0 Å². The number of rotatable bonds is 2. The maximum atomic E-state index is 6.10. The molecule has 0 aromatic heterocycles. The molecule has 1 aliphatic rings. The molecule has 1 N–H and O–H groups in total. The molecule has 1 aliphatic heterocycles. The molecule has 0 spiro atoms. The average Bonchev–Trinajstić information content (AvgIpc) is 2.45. The maximum Gasteiger partial charge on any atom is 0.119 e. The van der Waals surface area contributed by atoms with Gasteiger partial charge in [-0.25, -0.2) is 0 Å². The molecule has 4 heteroatoms. The fourth-order valence-electron chi connectivity index (χ4n) is 3.11. The van der Waals surface area contributed by atoms with E-state index in [4.69, 9.17) is 9.47 Å². The lowest BCUT2D eigenvalue weighted by atomic mass is 9.94. The SMILES string of the molecule is COc1ccc2cc(C3OCC(C)(C)NC3C)ccc2c1.Cl. The van der Waals surface area contributed by atoms with Crippen molar-refractivity contribution in [1.82, 2.24) is 5.32 Å². The van der Waals surface area contributed by atoms with Crippen LogP contribution in [0.3, 0.4) is 0 Å². The Morgan fingerprint density at radius 3 is 2.50 bits per heavy atom. The van der Waals surface area contributed by atoms with Gasteiger partial charge >= 0.3 is 0 Å². The summed E-state index contributed by atoms with van der Waals surface area (Å²) in [6.45, 7) is 7.26. The minimum Gasteiger partial charge on any atom is -0.497 e. The Labute approximate surface area is 138 Å². The number of methoxy groups -OCH3 is 1. The van der Waals surface area contributed by atoms with Crippen LogP contribution in [0.2, 0.25) is 0 Å². The van der Waals surface area contributed by atoms with Crippen molar-refractivity contribution in [3.8, 4) is 5.75 Å². The minimum absolute atomic E-state index is 0. The van der Waals surface area contributed by atoms with E-state index < -0.39 is 0 Å². The van der Waals surface area contributed by atoms with Gasteiger partial charge in [0.2, 0.25) is 0 Å². The first-order chi connectivity index (χ1) is 9.98. The second kappa shape index (κ2) is 6.45. The van der Waals surface area contributed by atoms with Crippen LogP contribution in [0.25, 0.3) is 10.8 Å². The average molecular weight is 322 g/mol. The predicted molar refractivity (Wildman–Crippen MR) is 93.1 cm³/mol.